The third kappa shape index (κ3) is 4.72. The molecule has 9 heteroatoms. The van der Waals surface area contributed by atoms with Gasteiger partial charge in [-0.3, -0.25) is 9.48 Å². The first-order valence-corrected chi connectivity index (χ1v) is 8.78. The smallest absolute Gasteiger partial charge is 0.277 e. The van der Waals surface area contributed by atoms with Crippen molar-refractivity contribution in [2.75, 3.05) is 18.4 Å². The minimum Gasteiger partial charge on any atom is -0.318 e. The summed E-state index contributed by atoms with van der Waals surface area (Å²) in [4.78, 5) is 12.4. The predicted octanol–water partition coefficient (Wildman–Crippen LogP) is 2.12. The minimum atomic E-state index is -0.274. The molecule has 0 spiro atoms. The third-order valence-electron chi connectivity index (χ3n) is 4.50. The summed E-state index contributed by atoms with van der Waals surface area (Å²) in [5.74, 6) is -0.274. The van der Waals surface area contributed by atoms with Gasteiger partial charge in [0.05, 0.1) is 30.7 Å². The first kappa shape index (κ1) is 19.1. The molecular weight excluding hydrogens is 366 g/mol. The Hall–Kier alpha value is -2.71. The molecule has 1 fully saturated rings. The normalized spacial score (nSPS) is 14.5. The van der Waals surface area contributed by atoms with Crippen LogP contribution in [0.1, 0.15) is 34.9 Å². The van der Waals surface area contributed by atoms with Crippen LogP contribution in [0.3, 0.4) is 0 Å². The number of nitrogens with one attached hydrogen (secondary N) is 2. The molecule has 1 aliphatic heterocycles. The Morgan fingerprint density at radius 2 is 1.96 bits per heavy atom. The molecule has 142 valence electrons. The van der Waals surface area contributed by atoms with Crippen LogP contribution in [0.2, 0.25) is 0 Å². The zero-order chi connectivity index (χ0) is 17.8. The van der Waals surface area contributed by atoms with Crippen LogP contribution < -0.4 is 10.6 Å². The van der Waals surface area contributed by atoms with E-state index in [-0.39, 0.29) is 18.3 Å². The Bertz CT molecular complexity index is 871. The zero-order valence-corrected chi connectivity index (χ0v) is 15.6. The van der Waals surface area contributed by atoms with E-state index in [0.717, 1.165) is 31.5 Å². The van der Waals surface area contributed by atoms with Gasteiger partial charge in [0.1, 0.15) is 0 Å². The number of halogens is 1. The quantitative estimate of drug-likeness (QED) is 0.700. The molecule has 27 heavy (non-hydrogen) atoms. The number of anilines is 1. The molecule has 4 rings (SSSR count). The second-order valence-corrected chi connectivity index (χ2v) is 6.43. The fraction of sp³-hybridized carbons (Fsp3) is 0.333. The van der Waals surface area contributed by atoms with E-state index in [2.05, 4.69) is 26.0 Å². The second kappa shape index (κ2) is 8.79. The van der Waals surface area contributed by atoms with Crippen LogP contribution in [0.15, 0.2) is 48.9 Å². The molecular formula is C18H22ClN7O. The molecule has 0 unspecified atom stereocenters. The highest BCUT2D eigenvalue weighted by atomic mass is 35.5. The van der Waals surface area contributed by atoms with Crippen LogP contribution in [0, 0.1) is 0 Å². The average Bonchev–Trinajstić information content (AvgIpc) is 3.33. The molecule has 2 N–H and O–H groups in total. The van der Waals surface area contributed by atoms with Crippen molar-refractivity contribution in [1.82, 2.24) is 30.1 Å². The van der Waals surface area contributed by atoms with E-state index in [4.69, 9.17) is 0 Å². The van der Waals surface area contributed by atoms with E-state index >= 15 is 0 Å². The van der Waals surface area contributed by atoms with Gasteiger partial charge in [0.25, 0.3) is 5.91 Å². The molecule has 1 aromatic carbocycles. The Balaban J connectivity index is 0.00000210. The zero-order valence-electron chi connectivity index (χ0n) is 14.8. The fourth-order valence-corrected chi connectivity index (χ4v) is 3.11. The van der Waals surface area contributed by atoms with Crippen LogP contribution in [0.25, 0.3) is 0 Å². The summed E-state index contributed by atoms with van der Waals surface area (Å²) in [6.45, 7) is 2.59. The van der Waals surface area contributed by atoms with Gasteiger partial charge in [-0.1, -0.05) is 35.5 Å². The molecule has 3 aromatic rings. The van der Waals surface area contributed by atoms with E-state index in [1.165, 1.54) is 0 Å². The second-order valence-electron chi connectivity index (χ2n) is 6.43. The molecule has 0 aliphatic carbocycles. The van der Waals surface area contributed by atoms with Gasteiger partial charge in [-0.15, -0.1) is 17.5 Å². The summed E-state index contributed by atoms with van der Waals surface area (Å²) in [6, 6.07) is 10.4. The lowest BCUT2D eigenvalue weighted by Crippen LogP contribution is -2.29. The number of carbonyl (C=O) groups excluding carboxylic acids is 1. The van der Waals surface area contributed by atoms with E-state index in [0.29, 0.717) is 24.0 Å². The maximum atomic E-state index is 12.4. The number of carbonyl (C=O) groups is 1. The average molecular weight is 388 g/mol. The van der Waals surface area contributed by atoms with Crippen LogP contribution >= 0.6 is 12.4 Å². The van der Waals surface area contributed by atoms with Crippen molar-refractivity contribution in [2.24, 2.45) is 0 Å². The molecule has 1 aliphatic rings. The van der Waals surface area contributed by atoms with E-state index in [1.54, 1.807) is 21.8 Å². The summed E-state index contributed by atoms with van der Waals surface area (Å²) >= 11 is 0. The first-order chi connectivity index (χ1) is 12.8. The summed E-state index contributed by atoms with van der Waals surface area (Å²) in [6.07, 6.45) is 7.16. The van der Waals surface area contributed by atoms with Crippen molar-refractivity contribution in [2.45, 2.75) is 25.4 Å². The molecule has 1 amide bonds. The standard InChI is InChI=1S/C18H21N7O.ClH/c26-18(17-13-25(23-22-17)16-6-8-19-9-7-16)21-15-10-20-24(12-15)11-14-4-2-1-3-5-14;/h1-5,10,12-13,16,19H,6-9,11H2,(H,21,26);1H. The number of piperidine rings is 1. The molecule has 2 aromatic heterocycles. The van der Waals surface area contributed by atoms with Gasteiger partial charge in [0, 0.05) is 6.20 Å². The highest BCUT2D eigenvalue weighted by Gasteiger charge is 2.19. The van der Waals surface area contributed by atoms with Gasteiger partial charge in [0.15, 0.2) is 5.69 Å². The lowest BCUT2D eigenvalue weighted by molar-refractivity contribution is 0.102. The van der Waals surface area contributed by atoms with E-state index in [1.807, 2.05) is 36.5 Å². The van der Waals surface area contributed by atoms with Crippen molar-refractivity contribution < 1.29 is 4.79 Å². The number of rotatable bonds is 5. The van der Waals surface area contributed by atoms with Gasteiger partial charge in [-0.05, 0) is 31.5 Å². The highest BCUT2D eigenvalue weighted by Crippen LogP contribution is 2.17. The van der Waals surface area contributed by atoms with Crippen molar-refractivity contribution in [1.29, 1.82) is 0 Å². The number of nitrogens with zero attached hydrogens (tertiary/aromatic N) is 5. The lowest BCUT2D eigenvalue weighted by atomic mass is 10.1. The van der Waals surface area contributed by atoms with Crippen molar-refractivity contribution in [3.05, 3.63) is 60.2 Å². The molecule has 0 saturated carbocycles. The molecule has 0 bridgehead atoms. The number of benzene rings is 1. The monoisotopic (exact) mass is 387 g/mol. The molecule has 8 nitrogen and oxygen atoms in total. The summed E-state index contributed by atoms with van der Waals surface area (Å²) < 4.78 is 3.59. The van der Waals surface area contributed by atoms with Crippen molar-refractivity contribution in [3.8, 4) is 0 Å². The van der Waals surface area contributed by atoms with Gasteiger partial charge in [0.2, 0.25) is 0 Å². The molecule has 3 heterocycles. The topological polar surface area (TPSA) is 89.7 Å². The van der Waals surface area contributed by atoms with Crippen LogP contribution in [0.5, 0.6) is 0 Å². The lowest BCUT2D eigenvalue weighted by Gasteiger charge is -2.22. The largest absolute Gasteiger partial charge is 0.318 e. The first-order valence-electron chi connectivity index (χ1n) is 8.78. The molecule has 0 atom stereocenters. The van der Waals surface area contributed by atoms with Gasteiger partial charge in [-0.2, -0.15) is 5.10 Å². The number of amides is 1. The van der Waals surface area contributed by atoms with E-state index < -0.39 is 0 Å². The predicted molar refractivity (Wildman–Crippen MR) is 104 cm³/mol. The Kier molecular flexibility index (Phi) is 6.20. The molecule has 1 saturated heterocycles. The Morgan fingerprint density at radius 1 is 1.19 bits per heavy atom. The van der Waals surface area contributed by atoms with Gasteiger partial charge in [-0.25, -0.2) is 4.68 Å². The number of hydrogen-bond donors (Lipinski definition) is 2. The third-order valence-corrected chi connectivity index (χ3v) is 4.50. The van der Waals surface area contributed by atoms with Crippen LogP contribution in [-0.4, -0.2) is 43.8 Å². The van der Waals surface area contributed by atoms with Gasteiger partial charge < -0.3 is 10.6 Å². The number of hydrogen-bond acceptors (Lipinski definition) is 5. The minimum absolute atomic E-state index is 0. The van der Waals surface area contributed by atoms with Crippen molar-refractivity contribution in [3.63, 3.8) is 0 Å². The van der Waals surface area contributed by atoms with Crippen LogP contribution in [0.4, 0.5) is 5.69 Å². The fourth-order valence-electron chi connectivity index (χ4n) is 3.11. The van der Waals surface area contributed by atoms with Crippen LogP contribution in [-0.2, 0) is 6.54 Å². The maximum Gasteiger partial charge on any atom is 0.277 e. The Labute approximate surface area is 163 Å². The molecule has 0 radical (unpaired) electrons. The van der Waals surface area contributed by atoms with E-state index in [9.17, 15) is 4.79 Å². The number of aromatic nitrogens is 5. The summed E-state index contributed by atoms with van der Waals surface area (Å²) in [7, 11) is 0. The Morgan fingerprint density at radius 3 is 2.74 bits per heavy atom. The highest BCUT2D eigenvalue weighted by molar-refractivity contribution is 6.02. The van der Waals surface area contributed by atoms with Crippen molar-refractivity contribution >= 4 is 24.0 Å². The van der Waals surface area contributed by atoms with Gasteiger partial charge >= 0.3 is 0 Å². The summed E-state index contributed by atoms with van der Waals surface area (Å²) in [5, 5.41) is 18.6. The summed E-state index contributed by atoms with van der Waals surface area (Å²) in [5.41, 5.74) is 2.11. The maximum absolute atomic E-state index is 12.4. The SMILES string of the molecule is Cl.O=C(Nc1cnn(Cc2ccccc2)c1)c1cn(C2CCNCC2)nn1.